The molecule has 1 rings (SSSR count). The van der Waals surface area contributed by atoms with Crippen LogP contribution >= 0.6 is 0 Å². The van der Waals surface area contributed by atoms with Crippen molar-refractivity contribution >= 4 is 0 Å². The number of nitrogens with one attached hydrogen (secondary N) is 1. The Balaban J connectivity index is 2.27. The highest BCUT2D eigenvalue weighted by molar-refractivity contribution is 4.97. The number of alkyl halides is 3. The summed E-state index contributed by atoms with van der Waals surface area (Å²) in [4.78, 5) is 1.11. The third kappa shape index (κ3) is 5.60. The van der Waals surface area contributed by atoms with E-state index in [2.05, 4.69) is 5.32 Å². The average Bonchev–Trinajstić information content (AvgIpc) is 2.83. The number of likely N-dealkylation sites (N-methyl/N-ethyl adjacent to an activating group) is 1. The second-order valence-electron chi connectivity index (χ2n) is 3.93. The Morgan fingerprint density at radius 3 is 2.53 bits per heavy atom. The lowest BCUT2D eigenvalue weighted by atomic mass is 10.3. The highest BCUT2D eigenvalue weighted by atomic mass is 19.4. The van der Waals surface area contributed by atoms with Gasteiger partial charge in [0.25, 0.3) is 0 Å². The molecule has 1 atom stereocenters. The molecule has 0 bridgehead atoms. The molecule has 1 unspecified atom stereocenters. The molecular weight excluding hydrogens is 207 g/mol. The van der Waals surface area contributed by atoms with Gasteiger partial charge in [0.1, 0.15) is 6.04 Å². The SMILES string of the molecule is CN(CC(C#N)NC1CC1)CC(F)(F)F. The average molecular weight is 221 g/mol. The molecule has 0 heterocycles. The maximum absolute atomic E-state index is 12.0. The van der Waals surface area contributed by atoms with E-state index in [0.29, 0.717) is 6.04 Å². The van der Waals surface area contributed by atoms with Gasteiger partial charge in [-0.25, -0.2) is 0 Å². The number of hydrogen-bond donors (Lipinski definition) is 1. The predicted octanol–water partition coefficient (Wildman–Crippen LogP) is 1.12. The molecule has 86 valence electrons. The Hall–Kier alpha value is -0.800. The number of halogens is 3. The summed E-state index contributed by atoms with van der Waals surface area (Å²) in [6.45, 7) is -0.871. The maximum Gasteiger partial charge on any atom is 0.401 e. The fraction of sp³-hybridized carbons (Fsp3) is 0.889. The molecule has 1 aliphatic rings. The van der Waals surface area contributed by atoms with Crippen LogP contribution in [-0.2, 0) is 0 Å². The summed E-state index contributed by atoms with van der Waals surface area (Å²) in [7, 11) is 1.37. The Bertz CT molecular complexity index is 242. The largest absolute Gasteiger partial charge is 0.401 e. The van der Waals surface area contributed by atoms with E-state index >= 15 is 0 Å². The fourth-order valence-corrected chi connectivity index (χ4v) is 1.35. The Morgan fingerprint density at radius 1 is 1.53 bits per heavy atom. The Morgan fingerprint density at radius 2 is 2.13 bits per heavy atom. The molecule has 0 amide bonds. The van der Waals surface area contributed by atoms with E-state index in [-0.39, 0.29) is 6.54 Å². The van der Waals surface area contributed by atoms with Crippen LogP contribution in [0.1, 0.15) is 12.8 Å². The van der Waals surface area contributed by atoms with Crippen LogP contribution in [0, 0.1) is 11.3 Å². The van der Waals surface area contributed by atoms with E-state index in [0.717, 1.165) is 17.7 Å². The van der Waals surface area contributed by atoms with Crippen LogP contribution in [0.3, 0.4) is 0 Å². The normalized spacial score (nSPS) is 18.9. The maximum atomic E-state index is 12.0. The van der Waals surface area contributed by atoms with Crippen LogP contribution in [0.2, 0.25) is 0 Å². The quantitative estimate of drug-likeness (QED) is 0.756. The van der Waals surface area contributed by atoms with Crippen LogP contribution in [0.5, 0.6) is 0 Å². The third-order valence-electron chi connectivity index (χ3n) is 2.11. The summed E-state index contributed by atoms with van der Waals surface area (Å²) < 4.78 is 36.0. The first-order chi connectivity index (χ1) is 6.90. The molecule has 0 aliphatic heterocycles. The van der Waals surface area contributed by atoms with E-state index in [9.17, 15) is 13.2 Å². The van der Waals surface area contributed by atoms with Crippen LogP contribution in [0.25, 0.3) is 0 Å². The monoisotopic (exact) mass is 221 g/mol. The zero-order chi connectivity index (χ0) is 11.5. The summed E-state index contributed by atoms with van der Waals surface area (Å²) in [5.74, 6) is 0. The smallest absolute Gasteiger partial charge is 0.298 e. The van der Waals surface area contributed by atoms with Crippen molar-refractivity contribution in [2.75, 3.05) is 20.1 Å². The lowest BCUT2D eigenvalue weighted by Crippen LogP contribution is -2.42. The molecule has 6 heteroatoms. The zero-order valence-corrected chi connectivity index (χ0v) is 8.51. The van der Waals surface area contributed by atoms with Gasteiger partial charge in [-0.3, -0.25) is 10.2 Å². The van der Waals surface area contributed by atoms with Crippen molar-refractivity contribution in [1.82, 2.24) is 10.2 Å². The summed E-state index contributed by atoms with van der Waals surface area (Å²) in [5.41, 5.74) is 0. The van der Waals surface area contributed by atoms with Gasteiger partial charge in [0.2, 0.25) is 0 Å². The summed E-state index contributed by atoms with van der Waals surface area (Å²) in [6, 6.07) is 1.79. The summed E-state index contributed by atoms with van der Waals surface area (Å²) >= 11 is 0. The van der Waals surface area contributed by atoms with Gasteiger partial charge in [0, 0.05) is 12.6 Å². The molecule has 1 N–H and O–H groups in total. The minimum absolute atomic E-state index is 0.104. The molecule has 0 aromatic heterocycles. The van der Waals surface area contributed by atoms with E-state index in [1.807, 2.05) is 6.07 Å². The molecule has 0 radical (unpaired) electrons. The number of nitrogens with zero attached hydrogens (tertiary/aromatic N) is 2. The first-order valence-electron chi connectivity index (χ1n) is 4.81. The standard InChI is InChI=1S/C9H14F3N3/c1-15(6-9(10,11)12)5-8(4-13)14-7-2-3-7/h7-8,14H,2-3,5-6H2,1H3. The number of hydrogen-bond acceptors (Lipinski definition) is 3. The molecule has 1 fully saturated rings. The van der Waals surface area contributed by atoms with Crippen molar-refractivity contribution < 1.29 is 13.2 Å². The molecule has 0 saturated heterocycles. The van der Waals surface area contributed by atoms with Crippen LogP contribution in [0.15, 0.2) is 0 Å². The van der Waals surface area contributed by atoms with E-state index < -0.39 is 18.8 Å². The zero-order valence-electron chi connectivity index (χ0n) is 8.51. The van der Waals surface area contributed by atoms with E-state index in [1.54, 1.807) is 0 Å². The van der Waals surface area contributed by atoms with Gasteiger partial charge in [-0.05, 0) is 19.9 Å². The van der Waals surface area contributed by atoms with E-state index in [1.165, 1.54) is 7.05 Å². The van der Waals surface area contributed by atoms with Crippen LogP contribution < -0.4 is 5.32 Å². The van der Waals surface area contributed by atoms with Gasteiger partial charge < -0.3 is 0 Å². The van der Waals surface area contributed by atoms with Crippen molar-refractivity contribution in [2.45, 2.75) is 31.1 Å². The summed E-state index contributed by atoms with van der Waals surface area (Å²) in [6.07, 6.45) is -2.17. The predicted molar refractivity (Wildman–Crippen MR) is 49.1 cm³/mol. The highest BCUT2D eigenvalue weighted by Gasteiger charge is 2.31. The van der Waals surface area contributed by atoms with Gasteiger partial charge in [0.15, 0.2) is 0 Å². The second kappa shape index (κ2) is 4.81. The van der Waals surface area contributed by atoms with Gasteiger partial charge in [-0.15, -0.1) is 0 Å². The van der Waals surface area contributed by atoms with Crippen molar-refractivity contribution in [3.63, 3.8) is 0 Å². The van der Waals surface area contributed by atoms with Crippen LogP contribution in [-0.4, -0.2) is 43.3 Å². The number of rotatable bonds is 5. The van der Waals surface area contributed by atoms with Gasteiger partial charge in [0.05, 0.1) is 12.6 Å². The minimum atomic E-state index is -4.20. The molecule has 0 aromatic rings. The van der Waals surface area contributed by atoms with Gasteiger partial charge in [-0.1, -0.05) is 0 Å². The van der Waals surface area contributed by atoms with Crippen molar-refractivity contribution in [1.29, 1.82) is 5.26 Å². The lowest BCUT2D eigenvalue weighted by molar-refractivity contribution is -0.143. The molecule has 15 heavy (non-hydrogen) atoms. The van der Waals surface area contributed by atoms with Gasteiger partial charge >= 0.3 is 6.18 Å². The first-order valence-corrected chi connectivity index (χ1v) is 4.81. The topological polar surface area (TPSA) is 39.1 Å². The Kier molecular flexibility index (Phi) is 3.94. The molecular formula is C9H14F3N3. The fourth-order valence-electron chi connectivity index (χ4n) is 1.35. The molecule has 1 saturated carbocycles. The molecule has 3 nitrogen and oxygen atoms in total. The van der Waals surface area contributed by atoms with Gasteiger partial charge in [-0.2, -0.15) is 18.4 Å². The molecule has 0 aromatic carbocycles. The van der Waals surface area contributed by atoms with Crippen LogP contribution in [0.4, 0.5) is 13.2 Å². The van der Waals surface area contributed by atoms with Crippen molar-refractivity contribution in [2.24, 2.45) is 0 Å². The first kappa shape index (κ1) is 12.3. The highest BCUT2D eigenvalue weighted by Crippen LogP contribution is 2.20. The second-order valence-corrected chi connectivity index (χ2v) is 3.93. The number of nitriles is 1. The molecule has 0 spiro atoms. The summed E-state index contributed by atoms with van der Waals surface area (Å²) in [5, 5.41) is 11.7. The third-order valence-corrected chi connectivity index (χ3v) is 2.11. The van der Waals surface area contributed by atoms with E-state index in [4.69, 9.17) is 5.26 Å². The molecule has 1 aliphatic carbocycles. The van der Waals surface area contributed by atoms with Crippen molar-refractivity contribution in [3.8, 4) is 6.07 Å². The Labute approximate surface area is 86.9 Å². The van der Waals surface area contributed by atoms with Crippen molar-refractivity contribution in [3.05, 3.63) is 0 Å². The lowest BCUT2D eigenvalue weighted by Gasteiger charge is -2.21. The minimum Gasteiger partial charge on any atom is -0.298 e.